The second-order valence-electron chi connectivity index (χ2n) is 13.0. The van der Waals surface area contributed by atoms with E-state index in [0.29, 0.717) is 90.9 Å². The van der Waals surface area contributed by atoms with Gasteiger partial charge in [-0.15, -0.1) is 0 Å². The summed E-state index contributed by atoms with van der Waals surface area (Å²) < 4.78 is 16.5. The molecule has 50 heavy (non-hydrogen) atoms. The average molecular weight is 764 g/mol. The maximum Gasteiger partial charge on any atom is 0.492 e. The molecule has 0 saturated carbocycles. The van der Waals surface area contributed by atoms with Crippen LogP contribution in [0.15, 0.2) is 0 Å². The van der Waals surface area contributed by atoms with Crippen molar-refractivity contribution in [2.24, 2.45) is 5.92 Å². The van der Waals surface area contributed by atoms with Gasteiger partial charge in [0.25, 0.3) is 0 Å². The fourth-order valence-corrected chi connectivity index (χ4v) is 6.15. The third-order valence-corrected chi connectivity index (χ3v) is 9.87. The van der Waals surface area contributed by atoms with E-state index < -0.39 is 35.9 Å². The van der Waals surface area contributed by atoms with Crippen molar-refractivity contribution in [2.45, 2.75) is 82.8 Å². The highest BCUT2D eigenvalue weighted by atomic mass is 28.4. The molecule has 0 aromatic heterocycles. The molecule has 13 N–H and O–H groups in total. The first-order valence-electron chi connectivity index (χ1n) is 18.4. The molecule has 0 bridgehead atoms. The Morgan fingerprint density at radius 2 is 1.02 bits per heavy atom. The summed E-state index contributed by atoms with van der Waals surface area (Å²) in [6.45, 7) is 12.6. The Labute approximate surface area is 302 Å². The summed E-state index contributed by atoms with van der Waals surface area (Å²) in [5.74, 6) is 0.526. The van der Waals surface area contributed by atoms with Crippen molar-refractivity contribution in [1.29, 1.82) is 0 Å². The van der Waals surface area contributed by atoms with Gasteiger partial charge in [-0.3, -0.25) is 4.90 Å². The number of rotatable bonds is 38. The van der Waals surface area contributed by atoms with Gasteiger partial charge >= 0.3 is 17.6 Å². The molecule has 0 fully saturated rings. The molecule has 302 valence electrons. The summed E-state index contributed by atoms with van der Waals surface area (Å²) >= 11 is 0. The van der Waals surface area contributed by atoms with Gasteiger partial charge in [0.1, 0.15) is 0 Å². The molecule has 0 radical (unpaired) electrons. The lowest BCUT2D eigenvalue weighted by Crippen LogP contribution is -2.44. The van der Waals surface area contributed by atoms with Crippen LogP contribution in [0.3, 0.4) is 0 Å². The number of hydrogen-bond acceptors (Lipinski definition) is 17. The maximum absolute atomic E-state index is 10.5. The molecule has 19 heteroatoms. The van der Waals surface area contributed by atoms with E-state index in [1.807, 2.05) is 0 Å². The smallest absolute Gasteiger partial charge is 0.390 e. The molecule has 4 atom stereocenters. The summed E-state index contributed by atoms with van der Waals surface area (Å²) in [7, 11) is -8.11. The summed E-state index contributed by atoms with van der Waals surface area (Å²) in [5, 5.41) is 43.9. The van der Waals surface area contributed by atoms with Gasteiger partial charge in [-0.25, -0.2) is 0 Å². The van der Waals surface area contributed by atoms with E-state index in [9.17, 15) is 15.3 Å². The van der Waals surface area contributed by atoms with Crippen LogP contribution in [0.4, 0.5) is 0 Å². The van der Waals surface area contributed by atoms with Crippen molar-refractivity contribution in [2.75, 3.05) is 112 Å². The van der Waals surface area contributed by atoms with Gasteiger partial charge in [-0.05, 0) is 25.2 Å². The number of unbranched alkanes of at least 4 members (excludes halogenated alkanes) is 1. The first-order valence-corrected chi connectivity index (χ1v) is 22.5. The standard InChI is InChI=1S/C31H73N5O12Si2/c1-3-5-8-28(4-2)24-48-26-30(38)22-35-14-16-36(23-31(39)27-47-18-7-20-50(43,44)45)15-13-33-10-9-32-11-12-34-21-29(37)25-46-17-6-19-49(40,41)42/h28-35,37-45H,3-27H2,1-2H3. The molecule has 4 unspecified atom stereocenters. The number of aliphatic hydroxyl groups is 3. The molecular formula is C31H73N5O12Si2. The number of hydrogen-bond donors (Lipinski definition) is 13. The van der Waals surface area contributed by atoms with Crippen molar-refractivity contribution in [3.8, 4) is 0 Å². The lowest BCUT2D eigenvalue weighted by molar-refractivity contribution is 0.0142. The fraction of sp³-hybridized carbons (Fsp3) is 1.00. The van der Waals surface area contributed by atoms with Crippen LogP contribution in [0.2, 0.25) is 12.1 Å². The third-order valence-electron chi connectivity index (χ3n) is 7.82. The van der Waals surface area contributed by atoms with E-state index in [1.54, 1.807) is 0 Å². The highest BCUT2D eigenvalue weighted by Gasteiger charge is 2.26. The number of ether oxygens (including phenoxy) is 3. The van der Waals surface area contributed by atoms with Gasteiger partial charge in [0.05, 0.1) is 38.1 Å². The minimum absolute atomic E-state index is 0.0883. The molecule has 0 spiro atoms. The van der Waals surface area contributed by atoms with Gasteiger partial charge in [-0.2, -0.15) is 0 Å². The average Bonchev–Trinajstić information content (AvgIpc) is 3.03. The van der Waals surface area contributed by atoms with E-state index in [1.165, 1.54) is 12.8 Å². The van der Waals surface area contributed by atoms with E-state index >= 15 is 0 Å². The van der Waals surface area contributed by atoms with Crippen LogP contribution in [0.25, 0.3) is 0 Å². The second kappa shape index (κ2) is 32.2. The van der Waals surface area contributed by atoms with Crippen molar-refractivity contribution < 1.29 is 58.3 Å². The van der Waals surface area contributed by atoms with Crippen LogP contribution in [-0.2, 0) is 14.2 Å². The van der Waals surface area contributed by atoms with E-state index in [0.717, 1.165) is 25.9 Å². The normalized spacial score (nSPS) is 15.1. The number of nitrogens with zero attached hydrogens (tertiary/aromatic N) is 1. The lowest BCUT2D eigenvalue weighted by atomic mass is 10.0. The Morgan fingerprint density at radius 3 is 1.54 bits per heavy atom. The van der Waals surface area contributed by atoms with Crippen molar-refractivity contribution in [3.63, 3.8) is 0 Å². The summed E-state index contributed by atoms with van der Waals surface area (Å²) in [6.07, 6.45) is 3.14. The van der Waals surface area contributed by atoms with Gasteiger partial charge in [0, 0.05) is 104 Å². The first-order chi connectivity index (χ1) is 23.8. The Balaban J connectivity index is 4.26. The molecule has 0 saturated heterocycles. The summed E-state index contributed by atoms with van der Waals surface area (Å²) in [4.78, 5) is 56.3. The molecule has 0 aliphatic heterocycles. The molecule has 0 rings (SSSR count). The monoisotopic (exact) mass is 763 g/mol. The molecule has 0 aromatic carbocycles. The van der Waals surface area contributed by atoms with Crippen LogP contribution in [0, 0.1) is 5.92 Å². The highest BCUT2D eigenvalue weighted by molar-refractivity contribution is 6.56. The predicted octanol–water partition coefficient (Wildman–Crippen LogP) is -3.39. The molecule has 0 aliphatic rings. The number of nitrogens with one attached hydrogen (secondary N) is 4. The summed E-state index contributed by atoms with van der Waals surface area (Å²) in [6, 6.07) is -0.201. The lowest BCUT2D eigenvalue weighted by Gasteiger charge is -2.26. The van der Waals surface area contributed by atoms with E-state index in [2.05, 4.69) is 40.0 Å². The van der Waals surface area contributed by atoms with Crippen LogP contribution in [0.1, 0.15) is 52.4 Å². The topological polar surface area (TPSA) is 261 Å². The SMILES string of the molecule is CCCCC(CC)COCC(O)CNCCN(CCNCCNCCNCC(O)COCCC[Si](O)(O)O)CC(O)COCCC[Si](O)(O)O. The Hall–Kier alpha value is -0.246. The van der Waals surface area contributed by atoms with Gasteiger partial charge in [0.15, 0.2) is 0 Å². The zero-order valence-electron chi connectivity index (χ0n) is 30.7. The van der Waals surface area contributed by atoms with Crippen LogP contribution < -0.4 is 21.3 Å². The molecule has 0 aliphatic carbocycles. The van der Waals surface area contributed by atoms with Crippen molar-refractivity contribution in [1.82, 2.24) is 26.2 Å². The zero-order valence-corrected chi connectivity index (χ0v) is 32.7. The molecule has 0 aromatic rings. The highest BCUT2D eigenvalue weighted by Crippen LogP contribution is 2.13. The zero-order chi connectivity index (χ0) is 37.5. The Morgan fingerprint density at radius 1 is 0.560 bits per heavy atom. The third kappa shape index (κ3) is 36.1. The van der Waals surface area contributed by atoms with E-state index in [4.69, 9.17) is 43.0 Å². The Kier molecular flexibility index (Phi) is 32.0. The quantitative estimate of drug-likeness (QED) is 0.0216. The largest absolute Gasteiger partial charge is 0.492 e. The predicted molar refractivity (Wildman–Crippen MR) is 195 cm³/mol. The van der Waals surface area contributed by atoms with Gasteiger partial charge in [0.2, 0.25) is 0 Å². The second-order valence-corrected chi connectivity index (χ2v) is 17.1. The van der Waals surface area contributed by atoms with Gasteiger partial charge in [-0.1, -0.05) is 33.1 Å². The minimum Gasteiger partial charge on any atom is -0.390 e. The van der Waals surface area contributed by atoms with Crippen LogP contribution in [0.5, 0.6) is 0 Å². The summed E-state index contributed by atoms with van der Waals surface area (Å²) in [5.41, 5.74) is 0. The number of aliphatic hydroxyl groups excluding tert-OH is 3. The van der Waals surface area contributed by atoms with E-state index in [-0.39, 0.29) is 38.5 Å². The molecule has 17 nitrogen and oxygen atoms in total. The molecule has 0 heterocycles. The van der Waals surface area contributed by atoms with Crippen molar-refractivity contribution >= 4 is 17.6 Å². The maximum atomic E-state index is 10.5. The van der Waals surface area contributed by atoms with Crippen LogP contribution >= 0.6 is 0 Å². The minimum atomic E-state index is -4.08. The first kappa shape index (κ1) is 49.8. The fourth-order valence-electron chi connectivity index (χ4n) is 4.91. The van der Waals surface area contributed by atoms with Crippen LogP contribution in [-0.4, -0.2) is 197 Å². The van der Waals surface area contributed by atoms with Crippen molar-refractivity contribution in [3.05, 3.63) is 0 Å². The molecular weight excluding hydrogens is 691 g/mol. The van der Waals surface area contributed by atoms with Gasteiger partial charge < -0.3 is 79.6 Å². The Bertz CT molecular complexity index is 747. The molecule has 0 amide bonds.